The van der Waals surface area contributed by atoms with E-state index in [1.807, 2.05) is 65.7 Å². The normalized spacial score (nSPS) is 16.4. The van der Waals surface area contributed by atoms with Crippen LogP contribution in [0.1, 0.15) is 44.4 Å². The average molecular weight is 539 g/mol. The molecule has 1 atom stereocenters. The number of ether oxygens (including phenoxy) is 1. The number of hydrogen-bond acceptors (Lipinski definition) is 7. The van der Waals surface area contributed by atoms with Gasteiger partial charge in [0.2, 0.25) is 5.43 Å². The van der Waals surface area contributed by atoms with Crippen LogP contribution in [0.4, 0.5) is 11.4 Å². The molecule has 0 spiro atoms. The third-order valence-electron chi connectivity index (χ3n) is 7.18. The zero-order valence-electron chi connectivity index (χ0n) is 21.3. The molecule has 1 fully saturated rings. The molecule has 2 aliphatic heterocycles. The highest BCUT2D eigenvalue weighted by molar-refractivity contribution is 5.97. The van der Waals surface area contributed by atoms with Crippen LogP contribution < -0.4 is 15.8 Å². The van der Waals surface area contributed by atoms with E-state index >= 15 is 0 Å². The molecule has 1 amide bonds. The van der Waals surface area contributed by atoms with Crippen molar-refractivity contribution in [1.29, 1.82) is 0 Å². The number of fused-ring (bicyclic) bond motifs is 2. The third kappa shape index (κ3) is 4.34. The number of carbonyl (C=O) groups excluding carboxylic acids is 1. The first kappa shape index (κ1) is 25.2. The summed E-state index contributed by atoms with van der Waals surface area (Å²) >= 11 is 0. The van der Waals surface area contributed by atoms with E-state index < -0.39 is 35.3 Å². The van der Waals surface area contributed by atoms with Gasteiger partial charge in [0.1, 0.15) is 18.6 Å². The highest BCUT2D eigenvalue weighted by Gasteiger charge is 2.45. The lowest BCUT2D eigenvalue weighted by atomic mass is 9.96. The number of aromatic carboxylic acids is 1. The van der Waals surface area contributed by atoms with E-state index in [1.54, 1.807) is 16.8 Å². The Balaban J connectivity index is 1.57. The van der Waals surface area contributed by atoms with Gasteiger partial charge in [0.25, 0.3) is 5.91 Å². The number of anilines is 2. The van der Waals surface area contributed by atoms with Crippen LogP contribution in [0.2, 0.25) is 0 Å². The van der Waals surface area contributed by atoms with Crippen molar-refractivity contribution in [2.24, 2.45) is 0 Å². The van der Waals surface area contributed by atoms with Crippen molar-refractivity contribution in [2.45, 2.75) is 18.6 Å². The van der Waals surface area contributed by atoms with Crippen molar-refractivity contribution in [2.75, 3.05) is 23.7 Å². The van der Waals surface area contributed by atoms with Gasteiger partial charge < -0.3 is 20.3 Å². The second-order valence-corrected chi connectivity index (χ2v) is 9.61. The SMILES string of the molecule is O=C(O)c1cccc(Nc2cn3c(c(O)c2=O)C(=O)N2COCC[C@H]2N3C(c2ccccc2)c2ccccc2)c1. The number of carboxylic acid groups (broad SMARTS) is 1. The summed E-state index contributed by atoms with van der Waals surface area (Å²) in [5, 5.41) is 25.5. The van der Waals surface area contributed by atoms with E-state index in [0.29, 0.717) is 18.7 Å². The molecule has 1 aromatic heterocycles. The predicted molar refractivity (Wildman–Crippen MR) is 147 cm³/mol. The van der Waals surface area contributed by atoms with Gasteiger partial charge in [-0.1, -0.05) is 66.7 Å². The van der Waals surface area contributed by atoms with E-state index in [1.165, 1.54) is 23.2 Å². The highest BCUT2D eigenvalue weighted by atomic mass is 16.5. The molecule has 202 valence electrons. The number of aromatic hydroxyl groups is 1. The highest BCUT2D eigenvalue weighted by Crippen LogP contribution is 2.37. The Morgan fingerprint density at radius 3 is 2.27 bits per heavy atom. The molecule has 0 saturated carbocycles. The zero-order valence-corrected chi connectivity index (χ0v) is 21.3. The molecule has 10 nitrogen and oxygen atoms in total. The first-order chi connectivity index (χ1) is 19.4. The van der Waals surface area contributed by atoms with Crippen molar-refractivity contribution < 1.29 is 24.5 Å². The van der Waals surface area contributed by atoms with Crippen molar-refractivity contribution in [3.63, 3.8) is 0 Å². The van der Waals surface area contributed by atoms with Gasteiger partial charge in [0.05, 0.1) is 24.4 Å². The summed E-state index contributed by atoms with van der Waals surface area (Å²) in [7, 11) is 0. The molecule has 40 heavy (non-hydrogen) atoms. The van der Waals surface area contributed by atoms with E-state index in [4.69, 9.17) is 4.74 Å². The minimum Gasteiger partial charge on any atom is -0.502 e. The molecular formula is C30H26N4O6. The van der Waals surface area contributed by atoms with Crippen LogP contribution in [0.5, 0.6) is 5.75 Å². The smallest absolute Gasteiger partial charge is 0.335 e. The van der Waals surface area contributed by atoms with E-state index in [0.717, 1.165) is 11.1 Å². The van der Waals surface area contributed by atoms with Gasteiger partial charge in [-0.3, -0.25) is 24.2 Å². The van der Waals surface area contributed by atoms with Crippen LogP contribution in [0.3, 0.4) is 0 Å². The van der Waals surface area contributed by atoms with E-state index in [9.17, 15) is 24.6 Å². The molecule has 10 heteroatoms. The summed E-state index contributed by atoms with van der Waals surface area (Å²) in [5.41, 5.74) is 1.31. The monoisotopic (exact) mass is 538 g/mol. The fraction of sp³-hybridized carbons (Fsp3) is 0.167. The topological polar surface area (TPSA) is 124 Å². The quantitative estimate of drug-likeness (QED) is 0.338. The molecule has 0 aliphatic carbocycles. The Morgan fingerprint density at radius 1 is 0.950 bits per heavy atom. The summed E-state index contributed by atoms with van der Waals surface area (Å²) in [6, 6.07) is 25.2. The minimum atomic E-state index is -1.11. The molecule has 3 N–H and O–H groups in total. The summed E-state index contributed by atoms with van der Waals surface area (Å²) in [6.45, 7) is 0.446. The average Bonchev–Trinajstić information content (AvgIpc) is 2.98. The first-order valence-electron chi connectivity index (χ1n) is 12.8. The van der Waals surface area contributed by atoms with Crippen LogP contribution in [0, 0.1) is 0 Å². The molecule has 0 bridgehead atoms. The van der Waals surface area contributed by atoms with Gasteiger partial charge in [-0.15, -0.1) is 0 Å². The fourth-order valence-corrected chi connectivity index (χ4v) is 5.35. The van der Waals surface area contributed by atoms with Crippen LogP contribution in [0.15, 0.2) is 95.9 Å². The standard InChI is InChI=1S/C30H26N4O6/c35-27-23(31-22-13-7-12-21(16-22)30(38)39)17-33-26(28(27)36)29(37)32-18-40-15-14-24(32)34(33)25(19-8-3-1-4-9-19)20-10-5-2-6-11-20/h1-13,16-17,24-25,31,36H,14-15,18H2,(H,38,39)/t24-/m1/s1. The van der Waals surface area contributed by atoms with Crippen molar-refractivity contribution in [3.8, 4) is 5.75 Å². The number of carbonyl (C=O) groups is 2. The lowest BCUT2D eigenvalue weighted by Gasteiger charge is -2.51. The summed E-state index contributed by atoms with van der Waals surface area (Å²) in [5.74, 6) is -2.34. The second-order valence-electron chi connectivity index (χ2n) is 9.61. The van der Waals surface area contributed by atoms with E-state index in [-0.39, 0.29) is 23.7 Å². The lowest BCUT2D eigenvalue weighted by molar-refractivity contribution is -0.0473. The fourth-order valence-electron chi connectivity index (χ4n) is 5.35. The number of carboxylic acids is 1. The second kappa shape index (κ2) is 10.2. The molecule has 4 aromatic rings. The molecule has 6 rings (SSSR count). The Morgan fingerprint density at radius 2 is 1.62 bits per heavy atom. The van der Waals surface area contributed by atoms with Gasteiger partial charge in [0.15, 0.2) is 11.4 Å². The molecule has 0 unspecified atom stereocenters. The number of aromatic nitrogens is 1. The maximum Gasteiger partial charge on any atom is 0.335 e. The Kier molecular flexibility index (Phi) is 6.45. The molecule has 0 radical (unpaired) electrons. The largest absolute Gasteiger partial charge is 0.502 e. The Labute approximate surface area is 229 Å². The first-order valence-corrected chi connectivity index (χ1v) is 12.8. The number of benzene rings is 3. The van der Waals surface area contributed by atoms with Gasteiger partial charge >= 0.3 is 5.97 Å². The Bertz CT molecular complexity index is 1600. The van der Waals surface area contributed by atoms with Crippen molar-refractivity contribution in [3.05, 3.63) is 124 Å². The van der Waals surface area contributed by atoms with Crippen LogP contribution >= 0.6 is 0 Å². The van der Waals surface area contributed by atoms with E-state index in [2.05, 4.69) is 5.32 Å². The number of nitrogens with one attached hydrogen (secondary N) is 1. The predicted octanol–water partition coefficient (Wildman–Crippen LogP) is 3.88. The van der Waals surface area contributed by atoms with Crippen molar-refractivity contribution in [1.82, 2.24) is 9.58 Å². The molecule has 2 aliphatic rings. The van der Waals surface area contributed by atoms with Gasteiger partial charge in [-0.05, 0) is 29.3 Å². The Hall–Kier alpha value is -5.09. The molecule has 3 aromatic carbocycles. The zero-order chi connectivity index (χ0) is 27.8. The number of hydrogen-bond donors (Lipinski definition) is 3. The number of amides is 1. The number of rotatable bonds is 6. The van der Waals surface area contributed by atoms with Crippen LogP contribution in [-0.2, 0) is 4.74 Å². The summed E-state index contributed by atoms with van der Waals surface area (Å²) in [6.07, 6.45) is 1.55. The molecule has 1 saturated heterocycles. The minimum absolute atomic E-state index is 0.0121. The van der Waals surface area contributed by atoms with Crippen LogP contribution in [-0.4, -0.2) is 51.2 Å². The summed E-state index contributed by atoms with van der Waals surface area (Å²) < 4.78 is 7.17. The maximum absolute atomic E-state index is 13.7. The third-order valence-corrected chi connectivity index (χ3v) is 7.18. The summed E-state index contributed by atoms with van der Waals surface area (Å²) in [4.78, 5) is 40.0. The number of pyridine rings is 1. The van der Waals surface area contributed by atoms with Gasteiger partial charge in [-0.25, -0.2) is 4.79 Å². The van der Waals surface area contributed by atoms with Crippen LogP contribution in [0.25, 0.3) is 0 Å². The lowest BCUT2D eigenvalue weighted by Crippen LogP contribution is -2.64. The maximum atomic E-state index is 13.7. The van der Waals surface area contributed by atoms with Gasteiger partial charge in [-0.2, -0.15) is 0 Å². The van der Waals surface area contributed by atoms with Crippen molar-refractivity contribution >= 4 is 23.3 Å². The molecular weight excluding hydrogens is 512 g/mol. The number of nitrogens with zero attached hydrogens (tertiary/aromatic N) is 3. The van der Waals surface area contributed by atoms with Gasteiger partial charge in [0, 0.05) is 12.1 Å². The molecule has 3 heterocycles.